The molecule has 2 atom stereocenters. The largest absolute Gasteiger partial charge is 0.345 e. The minimum atomic E-state index is -0.547. The molecule has 4 N–H and O–H groups in total. The van der Waals surface area contributed by atoms with Crippen molar-refractivity contribution in [2.45, 2.75) is 64.0 Å². The first-order chi connectivity index (χ1) is 12.2. The predicted molar refractivity (Wildman–Crippen MR) is 97.9 cm³/mol. The molecule has 0 aromatic heterocycles. The lowest BCUT2D eigenvalue weighted by molar-refractivity contribution is -0.140. The predicted octanol–water partition coefficient (Wildman–Crippen LogP) is 1.82. The van der Waals surface area contributed by atoms with E-state index in [4.69, 9.17) is 5.73 Å². The summed E-state index contributed by atoms with van der Waals surface area (Å²) in [6.07, 6.45) is 8.77. The number of carbonyl (C=O) groups is 2. The van der Waals surface area contributed by atoms with Gasteiger partial charge in [0.2, 0.25) is 0 Å². The van der Waals surface area contributed by atoms with E-state index in [0.29, 0.717) is 13.1 Å². The second-order valence-electron chi connectivity index (χ2n) is 7.30. The van der Waals surface area contributed by atoms with E-state index in [0.717, 1.165) is 44.1 Å². The molecule has 5 nitrogen and oxygen atoms in total. The van der Waals surface area contributed by atoms with Crippen LogP contribution in [0.15, 0.2) is 18.2 Å². The monoisotopic (exact) mass is 343 g/mol. The fourth-order valence-electron chi connectivity index (χ4n) is 4.20. The van der Waals surface area contributed by atoms with Gasteiger partial charge in [-0.3, -0.25) is 9.59 Å². The molecule has 2 aliphatic carbocycles. The van der Waals surface area contributed by atoms with Crippen LogP contribution in [0.1, 0.15) is 55.2 Å². The fraction of sp³-hybridized carbons (Fsp3) is 0.600. The van der Waals surface area contributed by atoms with Crippen LogP contribution in [0.25, 0.3) is 0 Å². The number of carbonyl (C=O) groups excluding carboxylic acids is 2. The van der Waals surface area contributed by atoms with Crippen LogP contribution in [0.5, 0.6) is 0 Å². The van der Waals surface area contributed by atoms with Crippen LogP contribution in [0.2, 0.25) is 0 Å². The van der Waals surface area contributed by atoms with E-state index in [-0.39, 0.29) is 12.0 Å². The average Bonchev–Trinajstić information content (AvgIpc) is 2.66. The Morgan fingerprint density at radius 2 is 1.84 bits per heavy atom. The number of aryl methyl sites for hydroxylation is 1. The molecule has 1 aromatic rings. The third kappa shape index (κ3) is 4.40. The molecular weight excluding hydrogens is 314 g/mol. The van der Waals surface area contributed by atoms with Gasteiger partial charge in [-0.1, -0.05) is 31.0 Å². The van der Waals surface area contributed by atoms with Crippen molar-refractivity contribution in [1.29, 1.82) is 0 Å². The zero-order chi connectivity index (χ0) is 17.6. The molecule has 0 bridgehead atoms. The Morgan fingerprint density at radius 1 is 1.04 bits per heavy atom. The molecule has 0 spiro atoms. The number of fused-ring (bicyclic) bond motifs is 1. The molecule has 2 unspecified atom stereocenters. The zero-order valence-corrected chi connectivity index (χ0v) is 14.9. The van der Waals surface area contributed by atoms with Gasteiger partial charge >= 0.3 is 11.8 Å². The number of benzene rings is 1. The van der Waals surface area contributed by atoms with Gasteiger partial charge in [0.25, 0.3) is 0 Å². The fourth-order valence-corrected chi connectivity index (χ4v) is 4.20. The molecule has 3 rings (SSSR count). The lowest BCUT2D eigenvalue weighted by Gasteiger charge is -2.31. The molecule has 2 amide bonds. The topological polar surface area (TPSA) is 84.2 Å². The van der Waals surface area contributed by atoms with Crippen molar-refractivity contribution in [3.8, 4) is 0 Å². The standard InChI is InChI=1S/C20H29N3O2/c21-12-15-7-2-4-11-18(15)23-20(25)19(24)22-13-16-9-5-8-14-6-1-3-10-17(14)16/h5,8-9,15,18H,1-4,6-7,10-13,21H2,(H,22,24)(H,23,25). The SMILES string of the molecule is NCC1CCCCC1NC(=O)C(=O)NCc1cccc2c1CCCC2. The summed E-state index contributed by atoms with van der Waals surface area (Å²) in [4.78, 5) is 24.4. The van der Waals surface area contributed by atoms with Crippen LogP contribution in [-0.4, -0.2) is 24.4 Å². The van der Waals surface area contributed by atoms with Gasteiger partial charge in [-0.2, -0.15) is 0 Å². The lowest BCUT2D eigenvalue weighted by Crippen LogP contribution is -2.49. The quantitative estimate of drug-likeness (QED) is 0.729. The Labute approximate surface area is 149 Å². The van der Waals surface area contributed by atoms with Crippen molar-refractivity contribution in [3.05, 3.63) is 34.9 Å². The first-order valence-corrected chi connectivity index (χ1v) is 9.57. The maximum absolute atomic E-state index is 12.2. The van der Waals surface area contributed by atoms with Crippen LogP contribution in [-0.2, 0) is 29.0 Å². The van der Waals surface area contributed by atoms with Gasteiger partial charge in [-0.15, -0.1) is 0 Å². The molecule has 1 fully saturated rings. The van der Waals surface area contributed by atoms with Gasteiger partial charge in [0.05, 0.1) is 0 Å². The van der Waals surface area contributed by atoms with E-state index in [1.165, 1.54) is 24.0 Å². The van der Waals surface area contributed by atoms with Crippen LogP contribution in [0.4, 0.5) is 0 Å². The van der Waals surface area contributed by atoms with Crippen molar-refractivity contribution in [1.82, 2.24) is 10.6 Å². The minimum absolute atomic E-state index is 0.0292. The summed E-state index contributed by atoms with van der Waals surface area (Å²) in [7, 11) is 0. The minimum Gasteiger partial charge on any atom is -0.345 e. The van der Waals surface area contributed by atoms with Crippen molar-refractivity contribution in [2.24, 2.45) is 11.7 Å². The normalized spacial score (nSPS) is 22.8. The molecule has 0 saturated heterocycles. The van der Waals surface area contributed by atoms with Crippen molar-refractivity contribution in [2.75, 3.05) is 6.54 Å². The number of hydrogen-bond acceptors (Lipinski definition) is 3. The molecule has 5 heteroatoms. The smallest absolute Gasteiger partial charge is 0.309 e. The number of amides is 2. The first-order valence-electron chi connectivity index (χ1n) is 9.57. The molecule has 1 aromatic carbocycles. The third-order valence-corrected chi connectivity index (χ3v) is 5.67. The third-order valence-electron chi connectivity index (χ3n) is 5.67. The van der Waals surface area contributed by atoms with Gasteiger partial charge in [-0.25, -0.2) is 0 Å². The molecule has 2 aliphatic rings. The van der Waals surface area contributed by atoms with Gasteiger partial charge in [-0.05, 0) is 67.7 Å². The van der Waals surface area contributed by atoms with Crippen molar-refractivity contribution < 1.29 is 9.59 Å². The van der Waals surface area contributed by atoms with Crippen molar-refractivity contribution >= 4 is 11.8 Å². The van der Waals surface area contributed by atoms with E-state index in [9.17, 15) is 9.59 Å². The highest BCUT2D eigenvalue weighted by atomic mass is 16.2. The van der Waals surface area contributed by atoms with Crippen LogP contribution < -0.4 is 16.4 Å². The lowest BCUT2D eigenvalue weighted by atomic mass is 9.84. The summed E-state index contributed by atoms with van der Waals surface area (Å²) in [6.45, 7) is 0.975. The highest BCUT2D eigenvalue weighted by Gasteiger charge is 2.27. The number of nitrogens with two attached hydrogens (primary N) is 1. The highest BCUT2D eigenvalue weighted by Crippen LogP contribution is 2.25. The Bertz CT molecular complexity index is 629. The number of nitrogens with one attached hydrogen (secondary N) is 2. The van der Waals surface area contributed by atoms with E-state index in [1.807, 2.05) is 12.1 Å². The van der Waals surface area contributed by atoms with Gasteiger partial charge in [0, 0.05) is 12.6 Å². The molecule has 0 aliphatic heterocycles. The summed E-state index contributed by atoms with van der Waals surface area (Å²) in [5, 5.41) is 5.68. The number of hydrogen-bond donors (Lipinski definition) is 3. The van der Waals surface area contributed by atoms with E-state index >= 15 is 0 Å². The Kier molecular flexibility index (Phi) is 6.08. The van der Waals surface area contributed by atoms with E-state index in [1.54, 1.807) is 0 Å². The average molecular weight is 343 g/mol. The maximum atomic E-state index is 12.2. The van der Waals surface area contributed by atoms with Crippen LogP contribution in [0.3, 0.4) is 0 Å². The molecule has 25 heavy (non-hydrogen) atoms. The summed E-state index contributed by atoms with van der Waals surface area (Å²) >= 11 is 0. The first kappa shape index (κ1) is 17.9. The molecule has 0 radical (unpaired) electrons. The second kappa shape index (κ2) is 8.48. The maximum Gasteiger partial charge on any atom is 0.309 e. The Morgan fingerprint density at radius 3 is 2.68 bits per heavy atom. The van der Waals surface area contributed by atoms with Crippen LogP contribution in [0, 0.1) is 5.92 Å². The van der Waals surface area contributed by atoms with Crippen LogP contribution >= 0.6 is 0 Å². The Balaban J connectivity index is 1.55. The second-order valence-corrected chi connectivity index (χ2v) is 7.30. The summed E-state index contributed by atoms with van der Waals surface area (Å²) < 4.78 is 0. The van der Waals surface area contributed by atoms with Gasteiger partial charge < -0.3 is 16.4 Å². The summed E-state index contributed by atoms with van der Waals surface area (Å²) in [5.74, 6) is -0.795. The molecular formula is C20H29N3O2. The number of rotatable bonds is 4. The Hall–Kier alpha value is -1.88. The van der Waals surface area contributed by atoms with Gasteiger partial charge in [0.1, 0.15) is 0 Å². The van der Waals surface area contributed by atoms with E-state index < -0.39 is 11.8 Å². The highest BCUT2D eigenvalue weighted by molar-refractivity contribution is 6.35. The summed E-state index contributed by atoms with van der Waals surface area (Å²) in [5.41, 5.74) is 9.66. The van der Waals surface area contributed by atoms with Gasteiger partial charge in [0.15, 0.2) is 0 Å². The molecule has 136 valence electrons. The van der Waals surface area contributed by atoms with Crippen molar-refractivity contribution in [3.63, 3.8) is 0 Å². The molecule has 0 heterocycles. The van der Waals surface area contributed by atoms with E-state index in [2.05, 4.69) is 16.7 Å². The molecule has 1 saturated carbocycles. The zero-order valence-electron chi connectivity index (χ0n) is 14.9. The summed E-state index contributed by atoms with van der Waals surface area (Å²) in [6, 6.07) is 6.29.